The van der Waals surface area contributed by atoms with E-state index in [4.69, 9.17) is 10.5 Å². The maximum Gasteiger partial charge on any atom is 0.251 e. The molecule has 0 radical (unpaired) electrons. The van der Waals surface area contributed by atoms with Crippen molar-refractivity contribution in [3.05, 3.63) is 0 Å². The molecule has 0 aliphatic carbocycles. The van der Waals surface area contributed by atoms with Crippen LogP contribution in [0.25, 0.3) is 0 Å². The van der Waals surface area contributed by atoms with Gasteiger partial charge in [-0.05, 0) is 13.3 Å². The fourth-order valence-electron chi connectivity index (χ4n) is 1.31. The minimum atomic E-state index is -2.30. The van der Waals surface area contributed by atoms with Crippen LogP contribution in [0, 0.1) is 0 Å². The molecule has 0 fully saturated rings. The number of halogens is 2. The molecule has 14 heavy (non-hydrogen) atoms. The number of hydrogen-bond donors (Lipinski definition) is 1. The van der Waals surface area contributed by atoms with Crippen LogP contribution in [0.5, 0.6) is 0 Å². The van der Waals surface area contributed by atoms with Crippen molar-refractivity contribution in [2.75, 3.05) is 33.4 Å². The van der Waals surface area contributed by atoms with Gasteiger partial charge in [-0.15, -0.1) is 0 Å². The fraction of sp³-hybridized carbons (Fsp3) is 1.00. The summed E-state index contributed by atoms with van der Waals surface area (Å²) < 4.78 is 29.3. The molecule has 0 rings (SSSR count). The molecule has 0 aromatic carbocycles. The van der Waals surface area contributed by atoms with Crippen LogP contribution in [0.3, 0.4) is 0 Å². The molecule has 0 aliphatic rings. The van der Waals surface area contributed by atoms with E-state index in [1.54, 1.807) is 12.0 Å². The van der Waals surface area contributed by atoms with E-state index in [9.17, 15) is 8.78 Å². The lowest BCUT2D eigenvalue weighted by atomic mass is 10.2. The molecule has 0 aromatic heterocycles. The van der Waals surface area contributed by atoms with E-state index in [1.807, 2.05) is 6.92 Å². The summed E-state index contributed by atoms with van der Waals surface area (Å²) in [5, 5.41) is 0. The van der Waals surface area contributed by atoms with E-state index in [2.05, 4.69) is 0 Å². The Bertz CT molecular complexity index is 136. The smallest absolute Gasteiger partial charge is 0.251 e. The minimum absolute atomic E-state index is 0.0903. The second-order valence-electron chi connectivity index (χ2n) is 3.31. The van der Waals surface area contributed by atoms with Gasteiger partial charge in [-0.3, -0.25) is 4.90 Å². The second kappa shape index (κ2) is 8.08. The summed E-state index contributed by atoms with van der Waals surface area (Å²) in [7, 11) is 1.60. The Kier molecular flexibility index (Phi) is 7.93. The first-order valence-corrected chi connectivity index (χ1v) is 4.83. The van der Waals surface area contributed by atoms with Crippen molar-refractivity contribution in [3.63, 3.8) is 0 Å². The van der Waals surface area contributed by atoms with Crippen LogP contribution in [0.4, 0.5) is 8.78 Å². The Labute approximate surface area is 84.2 Å². The van der Waals surface area contributed by atoms with Gasteiger partial charge in [0.05, 0.1) is 6.54 Å². The normalized spacial score (nSPS) is 13.9. The average Bonchev–Trinajstić information content (AvgIpc) is 2.13. The summed E-state index contributed by atoms with van der Waals surface area (Å²) in [6.07, 6.45) is -1.55. The van der Waals surface area contributed by atoms with E-state index in [1.165, 1.54) is 0 Å². The van der Waals surface area contributed by atoms with Gasteiger partial charge in [-0.1, -0.05) is 0 Å². The SMILES string of the molecule is COCCC(C)N(CCN)CC(F)F. The van der Waals surface area contributed by atoms with Crippen LogP contribution in [-0.2, 0) is 4.74 Å². The van der Waals surface area contributed by atoms with Crippen molar-refractivity contribution < 1.29 is 13.5 Å². The van der Waals surface area contributed by atoms with Gasteiger partial charge < -0.3 is 10.5 Å². The van der Waals surface area contributed by atoms with Gasteiger partial charge in [0, 0.05) is 32.8 Å². The quantitative estimate of drug-likeness (QED) is 0.648. The van der Waals surface area contributed by atoms with Gasteiger partial charge in [-0.2, -0.15) is 0 Å². The summed E-state index contributed by atoms with van der Waals surface area (Å²) in [5.41, 5.74) is 5.35. The van der Waals surface area contributed by atoms with Crippen LogP contribution in [-0.4, -0.2) is 50.7 Å². The third kappa shape index (κ3) is 6.23. The number of nitrogens with zero attached hydrogens (tertiary/aromatic N) is 1. The van der Waals surface area contributed by atoms with Crippen LogP contribution in [0.1, 0.15) is 13.3 Å². The van der Waals surface area contributed by atoms with Crippen molar-refractivity contribution in [1.82, 2.24) is 4.90 Å². The van der Waals surface area contributed by atoms with Gasteiger partial charge in [0.2, 0.25) is 0 Å². The molecule has 0 saturated heterocycles. The van der Waals surface area contributed by atoms with Crippen molar-refractivity contribution in [3.8, 4) is 0 Å². The number of nitrogens with two attached hydrogens (primary N) is 1. The molecular weight excluding hydrogens is 190 g/mol. The van der Waals surface area contributed by atoms with Crippen molar-refractivity contribution in [2.45, 2.75) is 25.8 Å². The molecule has 2 N–H and O–H groups in total. The molecule has 0 amide bonds. The monoisotopic (exact) mass is 210 g/mol. The Morgan fingerprint density at radius 3 is 2.50 bits per heavy atom. The molecule has 86 valence electrons. The predicted octanol–water partition coefficient (Wildman–Crippen LogP) is 0.937. The van der Waals surface area contributed by atoms with E-state index < -0.39 is 6.43 Å². The zero-order valence-electron chi connectivity index (χ0n) is 8.88. The first-order valence-electron chi connectivity index (χ1n) is 4.83. The average molecular weight is 210 g/mol. The van der Waals surface area contributed by atoms with Gasteiger partial charge >= 0.3 is 0 Å². The Hall–Kier alpha value is -0.260. The maximum atomic E-state index is 12.2. The van der Waals surface area contributed by atoms with E-state index in [0.717, 1.165) is 6.42 Å². The molecule has 5 heteroatoms. The predicted molar refractivity (Wildman–Crippen MR) is 52.6 cm³/mol. The molecule has 0 bridgehead atoms. The number of hydrogen-bond acceptors (Lipinski definition) is 3. The molecular formula is C9H20F2N2O. The highest BCUT2D eigenvalue weighted by atomic mass is 19.3. The summed E-state index contributed by atoms with van der Waals surface area (Å²) in [5.74, 6) is 0. The van der Waals surface area contributed by atoms with Gasteiger partial charge in [0.25, 0.3) is 6.43 Å². The zero-order valence-corrected chi connectivity index (χ0v) is 8.88. The van der Waals surface area contributed by atoms with Crippen molar-refractivity contribution in [1.29, 1.82) is 0 Å². The lowest BCUT2D eigenvalue weighted by molar-refractivity contribution is 0.0604. The summed E-state index contributed by atoms with van der Waals surface area (Å²) in [6, 6.07) is 0.0903. The molecule has 0 heterocycles. The van der Waals surface area contributed by atoms with Crippen LogP contribution < -0.4 is 5.73 Å². The van der Waals surface area contributed by atoms with Gasteiger partial charge in [-0.25, -0.2) is 8.78 Å². The number of rotatable bonds is 8. The highest BCUT2D eigenvalue weighted by Crippen LogP contribution is 2.06. The molecule has 1 atom stereocenters. The molecule has 1 unspecified atom stereocenters. The Morgan fingerprint density at radius 2 is 2.07 bits per heavy atom. The van der Waals surface area contributed by atoms with Crippen molar-refractivity contribution in [2.24, 2.45) is 5.73 Å². The second-order valence-corrected chi connectivity index (χ2v) is 3.31. The number of methoxy groups -OCH3 is 1. The lowest BCUT2D eigenvalue weighted by Crippen LogP contribution is -2.40. The molecule has 0 saturated carbocycles. The maximum absolute atomic E-state index is 12.2. The first-order chi connectivity index (χ1) is 6.61. The first kappa shape index (κ1) is 13.7. The van der Waals surface area contributed by atoms with Gasteiger partial charge in [0.15, 0.2) is 0 Å². The minimum Gasteiger partial charge on any atom is -0.385 e. The Morgan fingerprint density at radius 1 is 1.43 bits per heavy atom. The highest BCUT2D eigenvalue weighted by Gasteiger charge is 2.16. The topological polar surface area (TPSA) is 38.5 Å². The van der Waals surface area contributed by atoms with Crippen molar-refractivity contribution >= 4 is 0 Å². The summed E-state index contributed by atoms with van der Waals surface area (Å²) >= 11 is 0. The lowest BCUT2D eigenvalue weighted by Gasteiger charge is -2.28. The number of ether oxygens (including phenoxy) is 1. The molecule has 0 spiro atoms. The Balaban J connectivity index is 3.90. The van der Waals surface area contributed by atoms with E-state index in [-0.39, 0.29) is 12.6 Å². The summed E-state index contributed by atoms with van der Waals surface area (Å²) in [6.45, 7) is 3.21. The third-order valence-electron chi connectivity index (χ3n) is 2.15. The van der Waals surface area contributed by atoms with Crippen LogP contribution in [0.2, 0.25) is 0 Å². The largest absolute Gasteiger partial charge is 0.385 e. The molecule has 0 aromatic rings. The zero-order chi connectivity index (χ0) is 11.0. The molecule has 0 aliphatic heterocycles. The third-order valence-corrected chi connectivity index (χ3v) is 2.15. The van der Waals surface area contributed by atoms with Crippen LogP contribution >= 0.6 is 0 Å². The van der Waals surface area contributed by atoms with Crippen LogP contribution in [0.15, 0.2) is 0 Å². The molecule has 3 nitrogen and oxygen atoms in total. The number of alkyl halides is 2. The highest BCUT2D eigenvalue weighted by molar-refractivity contribution is 4.68. The fourth-order valence-corrected chi connectivity index (χ4v) is 1.31. The van der Waals surface area contributed by atoms with E-state index >= 15 is 0 Å². The standard InChI is InChI=1S/C9H20F2N2O/c1-8(3-6-14-2)13(5-4-12)7-9(10)11/h8-9H,3-7,12H2,1-2H3. The van der Waals surface area contributed by atoms with Gasteiger partial charge in [0.1, 0.15) is 0 Å². The van der Waals surface area contributed by atoms with E-state index in [0.29, 0.717) is 19.7 Å². The summed E-state index contributed by atoms with van der Waals surface area (Å²) in [4.78, 5) is 1.70.